The predicted molar refractivity (Wildman–Crippen MR) is 103 cm³/mol. The Labute approximate surface area is 153 Å². The second kappa shape index (κ2) is 7.76. The van der Waals surface area contributed by atoms with Gasteiger partial charge in [0.25, 0.3) is 0 Å². The van der Waals surface area contributed by atoms with E-state index < -0.39 is 0 Å². The fraction of sp³-hybridized carbons (Fsp3) is 0.0909. The molecule has 0 saturated heterocycles. The molecule has 0 radical (unpaired) electrons. The molecule has 1 unspecified atom stereocenters. The van der Waals surface area contributed by atoms with Gasteiger partial charge in [0.1, 0.15) is 0 Å². The fourth-order valence-corrected chi connectivity index (χ4v) is 3.00. The molecule has 0 spiro atoms. The highest BCUT2D eigenvalue weighted by molar-refractivity contribution is 5.35. The Morgan fingerprint density at radius 2 is 1.65 bits per heavy atom. The number of nitrogens with zero attached hydrogens (tertiary/aromatic N) is 3. The van der Waals surface area contributed by atoms with Crippen molar-refractivity contribution in [3.63, 3.8) is 0 Å². The first-order valence-electron chi connectivity index (χ1n) is 8.67. The van der Waals surface area contributed by atoms with Gasteiger partial charge in [-0.2, -0.15) is 0 Å². The number of benzene rings is 2. The Morgan fingerprint density at radius 1 is 0.846 bits per heavy atom. The molecule has 2 aromatic carbocycles. The molecule has 26 heavy (non-hydrogen) atoms. The number of aromatic nitrogens is 3. The van der Waals surface area contributed by atoms with Crippen molar-refractivity contribution in [2.75, 3.05) is 0 Å². The summed E-state index contributed by atoms with van der Waals surface area (Å²) in [5.74, 6) is 0. The fourth-order valence-electron chi connectivity index (χ4n) is 3.00. The molecule has 128 valence electrons. The van der Waals surface area contributed by atoms with Crippen LogP contribution in [0.15, 0.2) is 97.7 Å². The molecule has 2 heterocycles. The molecule has 0 aliphatic carbocycles. The summed E-state index contributed by atoms with van der Waals surface area (Å²) in [5.41, 5.74) is 4.57. The van der Waals surface area contributed by atoms with Crippen LogP contribution in [-0.2, 0) is 6.54 Å². The minimum Gasteiger partial charge on any atom is -0.306 e. The minimum atomic E-state index is 0.0609. The SMILES string of the molecule is c1ccc(C(NCc2ccc(-n3ccnc3)cc2)c2ccccn2)cc1. The summed E-state index contributed by atoms with van der Waals surface area (Å²) in [5, 5.41) is 3.64. The highest BCUT2D eigenvalue weighted by Crippen LogP contribution is 2.20. The van der Waals surface area contributed by atoms with Crippen molar-refractivity contribution in [1.29, 1.82) is 0 Å². The van der Waals surface area contributed by atoms with E-state index in [1.807, 2.05) is 35.2 Å². The third-order valence-electron chi connectivity index (χ3n) is 4.37. The summed E-state index contributed by atoms with van der Waals surface area (Å²) in [4.78, 5) is 8.63. The maximum Gasteiger partial charge on any atom is 0.0991 e. The van der Waals surface area contributed by atoms with Crippen LogP contribution < -0.4 is 5.32 Å². The molecular weight excluding hydrogens is 320 g/mol. The molecule has 0 amide bonds. The van der Waals surface area contributed by atoms with E-state index in [1.165, 1.54) is 11.1 Å². The molecule has 1 atom stereocenters. The molecule has 0 fully saturated rings. The Bertz CT molecular complexity index is 878. The van der Waals surface area contributed by atoms with Gasteiger partial charge in [-0.05, 0) is 35.4 Å². The lowest BCUT2D eigenvalue weighted by molar-refractivity contribution is 0.592. The zero-order valence-electron chi connectivity index (χ0n) is 14.4. The highest BCUT2D eigenvalue weighted by atomic mass is 15.0. The van der Waals surface area contributed by atoms with Gasteiger partial charge in [0.05, 0.1) is 18.1 Å². The first-order valence-corrected chi connectivity index (χ1v) is 8.67. The van der Waals surface area contributed by atoms with E-state index in [0.29, 0.717) is 0 Å². The van der Waals surface area contributed by atoms with Crippen molar-refractivity contribution in [2.45, 2.75) is 12.6 Å². The molecule has 0 aliphatic heterocycles. The summed E-state index contributed by atoms with van der Waals surface area (Å²) >= 11 is 0. The van der Waals surface area contributed by atoms with Crippen LogP contribution >= 0.6 is 0 Å². The topological polar surface area (TPSA) is 42.7 Å². The van der Waals surface area contributed by atoms with Crippen LogP contribution in [0, 0.1) is 0 Å². The Hall–Kier alpha value is -3.24. The highest BCUT2D eigenvalue weighted by Gasteiger charge is 2.14. The third kappa shape index (κ3) is 3.71. The summed E-state index contributed by atoms with van der Waals surface area (Å²) in [6, 6.07) is 25.0. The maximum atomic E-state index is 4.54. The van der Waals surface area contributed by atoms with Crippen molar-refractivity contribution in [3.05, 3.63) is 115 Å². The first kappa shape index (κ1) is 16.2. The smallest absolute Gasteiger partial charge is 0.0991 e. The summed E-state index contributed by atoms with van der Waals surface area (Å²) < 4.78 is 2.00. The molecular formula is C22H20N4. The normalized spacial score (nSPS) is 12.0. The monoisotopic (exact) mass is 340 g/mol. The molecule has 1 N–H and O–H groups in total. The Morgan fingerprint density at radius 3 is 2.35 bits per heavy atom. The van der Waals surface area contributed by atoms with Crippen LogP contribution in [-0.4, -0.2) is 14.5 Å². The van der Waals surface area contributed by atoms with Gasteiger partial charge in [0.2, 0.25) is 0 Å². The van der Waals surface area contributed by atoms with Gasteiger partial charge in [-0.15, -0.1) is 0 Å². The average molecular weight is 340 g/mol. The van der Waals surface area contributed by atoms with E-state index in [4.69, 9.17) is 0 Å². The maximum absolute atomic E-state index is 4.54. The largest absolute Gasteiger partial charge is 0.306 e. The van der Waals surface area contributed by atoms with Crippen molar-refractivity contribution >= 4 is 0 Å². The van der Waals surface area contributed by atoms with E-state index in [0.717, 1.165) is 17.9 Å². The van der Waals surface area contributed by atoms with E-state index in [2.05, 4.69) is 69.9 Å². The summed E-state index contributed by atoms with van der Waals surface area (Å²) in [7, 11) is 0. The number of hydrogen-bond acceptors (Lipinski definition) is 3. The van der Waals surface area contributed by atoms with Gasteiger partial charge in [0, 0.05) is 30.8 Å². The quantitative estimate of drug-likeness (QED) is 0.573. The number of pyridine rings is 1. The van der Waals surface area contributed by atoms with Crippen LogP contribution in [0.4, 0.5) is 0 Å². The Kier molecular flexibility index (Phi) is 4.85. The van der Waals surface area contributed by atoms with E-state index in [-0.39, 0.29) is 6.04 Å². The molecule has 0 bridgehead atoms. The van der Waals surface area contributed by atoms with Crippen molar-refractivity contribution in [3.8, 4) is 5.69 Å². The summed E-state index contributed by atoms with van der Waals surface area (Å²) in [6.45, 7) is 0.764. The standard InChI is InChI=1S/C22H20N4/c1-2-6-19(7-3-1)22(21-8-4-5-13-24-21)25-16-18-9-11-20(12-10-18)26-15-14-23-17-26/h1-15,17,22,25H,16H2. The second-order valence-electron chi connectivity index (χ2n) is 6.12. The van der Waals surface area contributed by atoms with E-state index >= 15 is 0 Å². The molecule has 4 aromatic rings. The van der Waals surface area contributed by atoms with Crippen molar-refractivity contribution in [1.82, 2.24) is 19.9 Å². The summed E-state index contributed by atoms with van der Waals surface area (Å²) in [6.07, 6.45) is 7.37. The number of nitrogens with one attached hydrogen (secondary N) is 1. The molecule has 4 rings (SSSR count). The lowest BCUT2D eigenvalue weighted by Gasteiger charge is -2.19. The zero-order valence-corrected chi connectivity index (χ0v) is 14.4. The van der Waals surface area contributed by atoms with E-state index in [1.54, 1.807) is 12.5 Å². The van der Waals surface area contributed by atoms with Crippen LogP contribution in [0.2, 0.25) is 0 Å². The molecule has 4 nitrogen and oxygen atoms in total. The predicted octanol–water partition coefficient (Wildman–Crippen LogP) is 4.15. The van der Waals surface area contributed by atoms with Crippen LogP contribution in [0.25, 0.3) is 5.69 Å². The average Bonchev–Trinajstić information content (AvgIpc) is 3.25. The lowest BCUT2D eigenvalue weighted by atomic mass is 10.0. The van der Waals surface area contributed by atoms with Gasteiger partial charge in [-0.3, -0.25) is 4.98 Å². The molecule has 0 saturated carbocycles. The zero-order chi connectivity index (χ0) is 17.6. The number of rotatable bonds is 6. The van der Waals surface area contributed by atoms with Gasteiger partial charge in [-0.1, -0.05) is 48.5 Å². The molecule has 0 aliphatic rings. The van der Waals surface area contributed by atoms with Gasteiger partial charge in [0.15, 0.2) is 0 Å². The van der Waals surface area contributed by atoms with Crippen molar-refractivity contribution < 1.29 is 0 Å². The number of hydrogen-bond donors (Lipinski definition) is 1. The van der Waals surface area contributed by atoms with Crippen molar-refractivity contribution in [2.24, 2.45) is 0 Å². The van der Waals surface area contributed by atoms with Crippen LogP contribution in [0.5, 0.6) is 0 Å². The van der Waals surface area contributed by atoms with Crippen LogP contribution in [0.3, 0.4) is 0 Å². The first-order chi connectivity index (χ1) is 12.9. The minimum absolute atomic E-state index is 0.0609. The molecule has 2 aromatic heterocycles. The number of imidazole rings is 1. The van der Waals surface area contributed by atoms with Crippen LogP contribution in [0.1, 0.15) is 22.9 Å². The third-order valence-corrected chi connectivity index (χ3v) is 4.37. The van der Waals surface area contributed by atoms with Gasteiger partial charge >= 0.3 is 0 Å². The molecule has 4 heteroatoms. The van der Waals surface area contributed by atoms with E-state index in [9.17, 15) is 0 Å². The van der Waals surface area contributed by atoms with Gasteiger partial charge in [-0.25, -0.2) is 4.98 Å². The lowest BCUT2D eigenvalue weighted by Crippen LogP contribution is -2.22. The Balaban J connectivity index is 1.52. The van der Waals surface area contributed by atoms with Gasteiger partial charge < -0.3 is 9.88 Å². The second-order valence-corrected chi connectivity index (χ2v) is 6.12.